The smallest absolute Gasteiger partial charge is 0.124 e. The number of phenolic OH excluding ortho intramolecular Hbond substituents is 1. The van der Waals surface area contributed by atoms with Crippen molar-refractivity contribution in [1.29, 1.82) is 0 Å². The van der Waals surface area contributed by atoms with Crippen molar-refractivity contribution in [3.63, 3.8) is 0 Å². The van der Waals surface area contributed by atoms with E-state index in [1.54, 1.807) is 12.3 Å². The van der Waals surface area contributed by atoms with Crippen LogP contribution in [0.3, 0.4) is 0 Å². The number of phenols is 1. The average Bonchev–Trinajstić information content (AvgIpc) is 3.00. The number of fused-ring (bicyclic) bond motifs is 5. The summed E-state index contributed by atoms with van der Waals surface area (Å²) in [6.07, 6.45) is 14.7. The third kappa shape index (κ3) is 2.98. The van der Waals surface area contributed by atoms with Gasteiger partial charge in [0.1, 0.15) is 5.75 Å². The van der Waals surface area contributed by atoms with Gasteiger partial charge in [-0.15, -0.1) is 0 Å². The molecule has 5 rings (SSSR count). The van der Waals surface area contributed by atoms with Gasteiger partial charge in [0, 0.05) is 17.2 Å². The quantitative estimate of drug-likeness (QED) is 0.604. The van der Waals surface area contributed by atoms with Crippen molar-refractivity contribution in [2.45, 2.75) is 83.7 Å². The van der Waals surface area contributed by atoms with Gasteiger partial charge in [0.2, 0.25) is 0 Å². The highest BCUT2D eigenvalue weighted by molar-refractivity contribution is 5.83. The molecule has 164 valence electrons. The Hall–Kier alpha value is -1.35. The van der Waals surface area contributed by atoms with Gasteiger partial charge in [0.15, 0.2) is 0 Å². The summed E-state index contributed by atoms with van der Waals surface area (Å²) < 4.78 is 0. The van der Waals surface area contributed by atoms with Crippen LogP contribution in [-0.4, -0.2) is 28.6 Å². The lowest BCUT2D eigenvalue weighted by Crippen LogP contribution is -2.56. The van der Waals surface area contributed by atoms with Gasteiger partial charge in [0.25, 0.3) is 0 Å². The van der Waals surface area contributed by atoms with Gasteiger partial charge in [-0.05, 0) is 92.6 Å². The molecule has 30 heavy (non-hydrogen) atoms. The lowest BCUT2D eigenvalue weighted by atomic mass is 9.44. The van der Waals surface area contributed by atoms with Crippen molar-refractivity contribution in [1.82, 2.24) is 0 Å². The molecule has 0 saturated heterocycles. The first-order valence-corrected chi connectivity index (χ1v) is 12.4. The highest BCUT2D eigenvalue weighted by Gasteiger charge is 2.64. The zero-order chi connectivity index (χ0) is 21.0. The maximum absolute atomic E-state index is 11.8. The van der Waals surface area contributed by atoms with E-state index in [0.717, 1.165) is 42.6 Å². The first kappa shape index (κ1) is 20.5. The number of para-hydroxylation sites is 1. The minimum Gasteiger partial charge on any atom is -0.507 e. The molecule has 3 heteroatoms. The van der Waals surface area contributed by atoms with E-state index in [-0.39, 0.29) is 11.2 Å². The Kier molecular flexibility index (Phi) is 5.04. The van der Waals surface area contributed by atoms with Crippen LogP contribution in [0.5, 0.6) is 5.75 Å². The van der Waals surface area contributed by atoms with E-state index in [9.17, 15) is 10.2 Å². The summed E-state index contributed by atoms with van der Waals surface area (Å²) in [6.45, 7) is 5.44. The standard InChI is InChI=1S/C27H39NO2/c1-25-14-6-5-8-20(25)10-11-21-22(25)12-15-26(2)23(21)13-16-27(26,30)18-28-17-19-7-3-4-9-24(19)29/h3-4,7,9,17,20-23,29-30H,5-6,8,10-16,18H2,1-2H3/t20-,21-,22-,23-,25-,26+,27-/m1/s1. The molecule has 0 bridgehead atoms. The number of aliphatic hydroxyl groups is 1. The van der Waals surface area contributed by atoms with Crippen molar-refractivity contribution >= 4 is 6.21 Å². The van der Waals surface area contributed by atoms with Gasteiger partial charge in [-0.3, -0.25) is 4.99 Å². The van der Waals surface area contributed by atoms with Crippen LogP contribution in [0.2, 0.25) is 0 Å². The average molecular weight is 410 g/mol. The van der Waals surface area contributed by atoms with E-state index in [1.807, 2.05) is 18.2 Å². The summed E-state index contributed by atoms with van der Waals surface area (Å²) in [5, 5.41) is 21.8. The molecule has 4 saturated carbocycles. The van der Waals surface area contributed by atoms with E-state index in [4.69, 9.17) is 0 Å². The predicted molar refractivity (Wildman–Crippen MR) is 122 cm³/mol. The highest BCUT2D eigenvalue weighted by atomic mass is 16.3. The van der Waals surface area contributed by atoms with E-state index >= 15 is 0 Å². The molecule has 4 aliphatic rings. The molecule has 2 N–H and O–H groups in total. The second-order valence-electron chi connectivity index (χ2n) is 11.5. The van der Waals surface area contributed by atoms with Gasteiger partial charge >= 0.3 is 0 Å². The molecular weight excluding hydrogens is 370 g/mol. The van der Waals surface area contributed by atoms with Crippen LogP contribution in [0.25, 0.3) is 0 Å². The van der Waals surface area contributed by atoms with E-state index in [1.165, 1.54) is 44.9 Å². The maximum Gasteiger partial charge on any atom is 0.124 e. The number of benzene rings is 1. The summed E-state index contributed by atoms with van der Waals surface area (Å²) in [7, 11) is 0. The molecule has 0 aliphatic heterocycles. The summed E-state index contributed by atoms with van der Waals surface area (Å²) in [4.78, 5) is 4.64. The summed E-state index contributed by atoms with van der Waals surface area (Å²) in [5.74, 6) is 3.49. The summed E-state index contributed by atoms with van der Waals surface area (Å²) in [6, 6.07) is 7.29. The van der Waals surface area contributed by atoms with Crippen LogP contribution in [0.15, 0.2) is 29.3 Å². The van der Waals surface area contributed by atoms with E-state index in [2.05, 4.69) is 18.8 Å². The topological polar surface area (TPSA) is 52.8 Å². The van der Waals surface area contributed by atoms with Crippen LogP contribution in [0, 0.1) is 34.5 Å². The Labute approximate surface area is 182 Å². The molecular formula is C27H39NO2. The zero-order valence-electron chi connectivity index (χ0n) is 18.8. The molecule has 4 fully saturated rings. The summed E-state index contributed by atoms with van der Waals surface area (Å²) in [5.41, 5.74) is 0.537. The molecule has 0 radical (unpaired) electrons. The number of aliphatic imine (C=N–C) groups is 1. The number of hydrogen-bond acceptors (Lipinski definition) is 3. The molecule has 0 unspecified atom stereocenters. The first-order valence-electron chi connectivity index (χ1n) is 12.4. The molecule has 7 atom stereocenters. The maximum atomic E-state index is 11.8. The fraction of sp³-hybridized carbons (Fsp3) is 0.741. The molecule has 4 aliphatic carbocycles. The van der Waals surface area contributed by atoms with Crippen molar-refractivity contribution in [2.24, 2.45) is 39.5 Å². The van der Waals surface area contributed by atoms with Crippen molar-refractivity contribution in [2.75, 3.05) is 6.54 Å². The van der Waals surface area contributed by atoms with Crippen LogP contribution in [-0.2, 0) is 0 Å². The molecule has 0 heterocycles. The second kappa shape index (κ2) is 7.36. The van der Waals surface area contributed by atoms with Crippen LogP contribution < -0.4 is 0 Å². The molecule has 0 aromatic heterocycles. The molecule has 3 nitrogen and oxygen atoms in total. The van der Waals surface area contributed by atoms with Crippen LogP contribution in [0.1, 0.15) is 83.6 Å². The van der Waals surface area contributed by atoms with E-state index in [0.29, 0.717) is 17.9 Å². The highest BCUT2D eigenvalue weighted by Crippen LogP contribution is 2.68. The number of hydrogen-bond donors (Lipinski definition) is 2. The predicted octanol–water partition coefficient (Wildman–Crippen LogP) is 5.98. The lowest BCUT2D eigenvalue weighted by Gasteiger charge is -2.61. The molecule has 1 aromatic rings. The SMILES string of the molecule is C[C@@]12CCCC[C@@H]1CC[C@@H]1[C@H]2CC[C@@]2(C)[C@@H]1CC[C@@]2(O)CN=Cc1ccccc1O. The zero-order valence-corrected chi connectivity index (χ0v) is 18.8. The van der Waals surface area contributed by atoms with Crippen LogP contribution >= 0.6 is 0 Å². The largest absolute Gasteiger partial charge is 0.507 e. The van der Waals surface area contributed by atoms with Crippen molar-refractivity contribution in [3.05, 3.63) is 29.8 Å². The van der Waals surface area contributed by atoms with Crippen molar-refractivity contribution in [3.8, 4) is 5.75 Å². The Morgan fingerprint density at radius 3 is 2.60 bits per heavy atom. The Morgan fingerprint density at radius 1 is 0.967 bits per heavy atom. The number of rotatable bonds is 3. The van der Waals surface area contributed by atoms with Gasteiger partial charge in [0.05, 0.1) is 12.1 Å². The second-order valence-corrected chi connectivity index (χ2v) is 11.5. The normalized spacial score (nSPS) is 45.7. The summed E-state index contributed by atoms with van der Waals surface area (Å²) >= 11 is 0. The van der Waals surface area contributed by atoms with Crippen LogP contribution in [0.4, 0.5) is 0 Å². The monoisotopic (exact) mass is 409 g/mol. The number of aromatic hydroxyl groups is 1. The van der Waals surface area contributed by atoms with Gasteiger partial charge in [-0.25, -0.2) is 0 Å². The molecule has 0 spiro atoms. The lowest BCUT2D eigenvalue weighted by molar-refractivity contribution is -0.147. The van der Waals surface area contributed by atoms with Gasteiger partial charge in [-0.2, -0.15) is 0 Å². The third-order valence-corrected chi connectivity index (χ3v) is 10.4. The Bertz CT molecular complexity index is 821. The van der Waals surface area contributed by atoms with E-state index < -0.39 is 5.60 Å². The first-order chi connectivity index (χ1) is 14.4. The minimum atomic E-state index is -0.714. The fourth-order valence-corrected chi connectivity index (χ4v) is 8.56. The minimum absolute atomic E-state index is 0.0257. The Morgan fingerprint density at radius 2 is 1.77 bits per heavy atom. The number of nitrogens with zero attached hydrogens (tertiary/aromatic N) is 1. The molecule has 1 aromatic carbocycles. The third-order valence-electron chi connectivity index (χ3n) is 10.4. The van der Waals surface area contributed by atoms with Gasteiger partial charge < -0.3 is 10.2 Å². The fourth-order valence-electron chi connectivity index (χ4n) is 8.56. The molecule has 0 amide bonds. The van der Waals surface area contributed by atoms with Crippen molar-refractivity contribution < 1.29 is 10.2 Å². The van der Waals surface area contributed by atoms with Gasteiger partial charge in [-0.1, -0.05) is 38.8 Å². The Balaban J connectivity index is 1.35.